The van der Waals surface area contributed by atoms with E-state index in [1.807, 2.05) is 39.8 Å². The summed E-state index contributed by atoms with van der Waals surface area (Å²) >= 11 is 0. The molecule has 1 fully saturated rings. The minimum atomic E-state index is -1.22. The Bertz CT molecular complexity index is 710. The lowest BCUT2D eigenvalue weighted by atomic mass is 10.1. The first-order chi connectivity index (χ1) is 13.0. The van der Waals surface area contributed by atoms with Crippen LogP contribution in [0.5, 0.6) is 5.75 Å². The summed E-state index contributed by atoms with van der Waals surface area (Å²) in [6.45, 7) is 10.3. The molecule has 1 aliphatic rings. The Balaban J connectivity index is 1.86. The summed E-state index contributed by atoms with van der Waals surface area (Å²) in [4.78, 5) is 38.2. The number of amides is 1. The molecule has 1 heterocycles. The van der Waals surface area contributed by atoms with Crippen molar-refractivity contribution in [2.45, 2.75) is 52.3 Å². The molecule has 0 aliphatic carbocycles. The summed E-state index contributed by atoms with van der Waals surface area (Å²) in [7, 11) is 0. The van der Waals surface area contributed by atoms with Gasteiger partial charge in [0.2, 0.25) is 0 Å². The monoisotopic (exact) mass is 392 g/mol. The second-order valence-corrected chi connectivity index (χ2v) is 7.95. The minimum Gasteiger partial charge on any atom is -0.481 e. The van der Waals surface area contributed by atoms with Crippen LogP contribution in [-0.4, -0.2) is 64.2 Å². The molecule has 1 aromatic carbocycles. The molecule has 8 nitrogen and oxygen atoms in total. The van der Waals surface area contributed by atoms with Gasteiger partial charge in [0.05, 0.1) is 0 Å². The maximum Gasteiger partial charge on any atom is 0.410 e. The Kier molecular flexibility index (Phi) is 7.01. The molecule has 1 amide bonds. The van der Waals surface area contributed by atoms with E-state index in [1.165, 1.54) is 0 Å². The number of nitrogens with zero attached hydrogens (tertiary/aromatic N) is 2. The van der Waals surface area contributed by atoms with E-state index in [-0.39, 0.29) is 12.1 Å². The Morgan fingerprint density at radius 3 is 2.32 bits per heavy atom. The number of hydrogen-bond donors (Lipinski definition) is 1. The first kappa shape index (κ1) is 21.7. The molecule has 0 unspecified atom stereocenters. The van der Waals surface area contributed by atoms with Crippen LogP contribution in [0.2, 0.25) is 0 Å². The van der Waals surface area contributed by atoms with E-state index in [2.05, 4.69) is 4.90 Å². The number of carbonyl (C=O) groups is 3. The van der Waals surface area contributed by atoms with Gasteiger partial charge < -0.3 is 19.5 Å². The SMILES string of the molecule is C[C@H]1CN(Cc2ccc(OC(=O)CC(=O)O)cc2)CCN1C(=O)OC(C)(C)C. The van der Waals surface area contributed by atoms with Crippen molar-refractivity contribution in [3.05, 3.63) is 29.8 Å². The van der Waals surface area contributed by atoms with Gasteiger partial charge in [0, 0.05) is 32.2 Å². The third kappa shape index (κ3) is 6.84. The van der Waals surface area contributed by atoms with Crippen molar-refractivity contribution in [3.8, 4) is 5.75 Å². The fraction of sp³-hybridized carbons (Fsp3) is 0.550. The molecule has 0 radical (unpaired) electrons. The van der Waals surface area contributed by atoms with Crippen molar-refractivity contribution in [2.75, 3.05) is 19.6 Å². The molecule has 0 spiro atoms. The molecule has 154 valence electrons. The molecular weight excluding hydrogens is 364 g/mol. The summed E-state index contributed by atoms with van der Waals surface area (Å²) in [5, 5.41) is 8.58. The molecule has 0 bridgehead atoms. The van der Waals surface area contributed by atoms with Crippen LogP contribution in [0.3, 0.4) is 0 Å². The fourth-order valence-electron chi connectivity index (χ4n) is 2.98. The standard InChI is InChI=1S/C20H28N2O6/c1-14-12-21(9-10-22(14)19(26)28-20(2,3)4)13-15-5-7-16(8-6-15)27-18(25)11-17(23)24/h5-8,14H,9-13H2,1-4H3,(H,23,24)/t14-/m0/s1. The molecule has 1 N–H and O–H groups in total. The highest BCUT2D eigenvalue weighted by Gasteiger charge is 2.30. The second-order valence-electron chi connectivity index (χ2n) is 7.95. The number of aliphatic carboxylic acids is 1. The number of rotatable bonds is 5. The quantitative estimate of drug-likeness (QED) is 0.467. The lowest BCUT2D eigenvalue weighted by Gasteiger charge is -2.40. The van der Waals surface area contributed by atoms with Crippen LogP contribution in [0, 0.1) is 0 Å². The van der Waals surface area contributed by atoms with Crippen LogP contribution in [0.4, 0.5) is 4.79 Å². The van der Waals surface area contributed by atoms with Crippen molar-refractivity contribution in [3.63, 3.8) is 0 Å². The first-order valence-corrected chi connectivity index (χ1v) is 9.27. The smallest absolute Gasteiger partial charge is 0.410 e. The third-order valence-corrected chi connectivity index (χ3v) is 4.20. The van der Waals surface area contributed by atoms with Crippen molar-refractivity contribution in [2.24, 2.45) is 0 Å². The van der Waals surface area contributed by atoms with Gasteiger partial charge in [-0.05, 0) is 45.4 Å². The van der Waals surface area contributed by atoms with Crippen molar-refractivity contribution >= 4 is 18.0 Å². The summed E-state index contributed by atoms with van der Waals surface area (Å²) < 4.78 is 10.4. The zero-order valence-corrected chi connectivity index (χ0v) is 16.8. The highest BCUT2D eigenvalue weighted by Crippen LogP contribution is 2.19. The van der Waals surface area contributed by atoms with E-state index in [1.54, 1.807) is 17.0 Å². The maximum atomic E-state index is 12.3. The third-order valence-electron chi connectivity index (χ3n) is 4.20. The predicted octanol–water partition coefficient (Wildman–Crippen LogP) is 2.51. The van der Waals surface area contributed by atoms with Gasteiger partial charge in [-0.15, -0.1) is 0 Å². The Morgan fingerprint density at radius 1 is 1.14 bits per heavy atom. The number of piperazine rings is 1. The average Bonchev–Trinajstić information content (AvgIpc) is 2.54. The largest absolute Gasteiger partial charge is 0.481 e. The van der Waals surface area contributed by atoms with Gasteiger partial charge in [0.25, 0.3) is 0 Å². The number of benzene rings is 1. The highest BCUT2D eigenvalue weighted by atomic mass is 16.6. The first-order valence-electron chi connectivity index (χ1n) is 9.27. The zero-order valence-electron chi connectivity index (χ0n) is 16.8. The van der Waals surface area contributed by atoms with E-state index in [9.17, 15) is 14.4 Å². The van der Waals surface area contributed by atoms with E-state index < -0.39 is 24.0 Å². The topological polar surface area (TPSA) is 96.4 Å². The average molecular weight is 392 g/mol. The number of ether oxygens (including phenoxy) is 2. The fourth-order valence-corrected chi connectivity index (χ4v) is 2.98. The van der Waals surface area contributed by atoms with Crippen LogP contribution >= 0.6 is 0 Å². The molecule has 28 heavy (non-hydrogen) atoms. The van der Waals surface area contributed by atoms with Gasteiger partial charge in [-0.1, -0.05) is 12.1 Å². The Morgan fingerprint density at radius 2 is 1.79 bits per heavy atom. The molecule has 0 aromatic heterocycles. The number of carboxylic acid groups (broad SMARTS) is 1. The summed E-state index contributed by atoms with van der Waals surface area (Å²) in [6, 6.07) is 7.02. The summed E-state index contributed by atoms with van der Waals surface area (Å²) in [6.07, 6.45) is -0.950. The van der Waals surface area contributed by atoms with E-state index in [0.29, 0.717) is 18.8 Å². The lowest BCUT2D eigenvalue weighted by molar-refractivity contribution is -0.145. The van der Waals surface area contributed by atoms with Crippen LogP contribution < -0.4 is 4.74 Å². The molecule has 0 saturated carbocycles. The molecule has 1 atom stereocenters. The van der Waals surface area contributed by atoms with Gasteiger partial charge in [-0.3, -0.25) is 14.5 Å². The molecule has 1 aromatic rings. The van der Waals surface area contributed by atoms with Crippen molar-refractivity contribution < 1.29 is 29.0 Å². The molecule has 1 aliphatic heterocycles. The van der Waals surface area contributed by atoms with Crippen molar-refractivity contribution in [1.82, 2.24) is 9.80 Å². The van der Waals surface area contributed by atoms with Gasteiger partial charge in [0.15, 0.2) is 0 Å². The highest BCUT2D eigenvalue weighted by molar-refractivity contribution is 5.91. The lowest BCUT2D eigenvalue weighted by Crippen LogP contribution is -2.54. The Hall–Kier alpha value is -2.61. The van der Waals surface area contributed by atoms with E-state index in [4.69, 9.17) is 14.6 Å². The van der Waals surface area contributed by atoms with Crippen LogP contribution in [0.1, 0.15) is 39.7 Å². The van der Waals surface area contributed by atoms with Gasteiger partial charge in [0.1, 0.15) is 17.8 Å². The van der Waals surface area contributed by atoms with Gasteiger partial charge >= 0.3 is 18.0 Å². The van der Waals surface area contributed by atoms with Gasteiger partial charge in [-0.25, -0.2) is 4.79 Å². The maximum absolute atomic E-state index is 12.3. The van der Waals surface area contributed by atoms with E-state index in [0.717, 1.165) is 18.7 Å². The summed E-state index contributed by atoms with van der Waals surface area (Å²) in [5.41, 5.74) is 0.528. The number of carboxylic acids is 1. The van der Waals surface area contributed by atoms with E-state index >= 15 is 0 Å². The molecular formula is C20H28N2O6. The zero-order chi connectivity index (χ0) is 20.9. The normalized spacial score (nSPS) is 17.9. The minimum absolute atomic E-state index is 0.0415. The molecule has 2 rings (SSSR count). The number of hydrogen-bond acceptors (Lipinski definition) is 6. The molecule has 8 heteroatoms. The van der Waals surface area contributed by atoms with Crippen LogP contribution in [-0.2, 0) is 20.9 Å². The number of carbonyl (C=O) groups excluding carboxylic acids is 2. The van der Waals surface area contributed by atoms with Crippen LogP contribution in [0.25, 0.3) is 0 Å². The number of esters is 1. The van der Waals surface area contributed by atoms with Crippen molar-refractivity contribution in [1.29, 1.82) is 0 Å². The van der Waals surface area contributed by atoms with Crippen LogP contribution in [0.15, 0.2) is 24.3 Å². The predicted molar refractivity (Wildman–Crippen MR) is 102 cm³/mol. The second kappa shape index (κ2) is 9.05. The summed E-state index contributed by atoms with van der Waals surface area (Å²) in [5.74, 6) is -1.70. The molecule has 1 saturated heterocycles. The Labute approximate surface area is 165 Å². The van der Waals surface area contributed by atoms with Gasteiger partial charge in [-0.2, -0.15) is 0 Å².